The first kappa shape index (κ1) is 14.7. The number of likely N-dealkylation sites (N-methyl/N-ethyl adjacent to an activating group) is 1. The summed E-state index contributed by atoms with van der Waals surface area (Å²) in [6.07, 6.45) is 5.25. The molecule has 1 unspecified atom stereocenters. The maximum Gasteiger partial charge on any atom is 0.225 e. The molecule has 2 heterocycles. The SMILES string of the molecule is Cc1ccnc(N2CCCC(N(C)S(=O)(=O)C3CC3)C2)n1. The van der Waals surface area contributed by atoms with Crippen LogP contribution in [0.25, 0.3) is 0 Å². The Morgan fingerprint density at radius 1 is 1.33 bits per heavy atom. The van der Waals surface area contributed by atoms with Gasteiger partial charge < -0.3 is 4.90 Å². The zero-order valence-corrected chi connectivity index (χ0v) is 13.4. The molecule has 6 nitrogen and oxygen atoms in total. The van der Waals surface area contributed by atoms with Crippen LogP contribution in [-0.2, 0) is 10.0 Å². The standard InChI is InChI=1S/C14H22N4O2S/c1-11-7-8-15-14(16-11)18-9-3-4-12(10-18)17(2)21(19,20)13-5-6-13/h7-8,12-13H,3-6,9-10H2,1-2H3. The molecule has 0 radical (unpaired) electrons. The van der Waals surface area contributed by atoms with E-state index in [-0.39, 0.29) is 11.3 Å². The molecule has 1 saturated heterocycles. The smallest absolute Gasteiger partial charge is 0.225 e. The normalized spacial score (nSPS) is 23.6. The van der Waals surface area contributed by atoms with Crippen LogP contribution in [0.3, 0.4) is 0 Å². The van der Waals surface area contributed by atoms with Crippen molar-refractivity contribution in [1.82, 2.24) is 14.3 Å². The van der Waals surface area contributed by atoms with Crippen molar-refractivity contribution in [2.45, 2.75) is 43.9 Å². The topological polar surface area (TPSA) is 66.4 Å². The van der Waals surface area contributed by atoms with Crippen molar-refractivity contribution in [3.05, 3.63) is 18.0 Å². The van der Waals surface area contributed by atoms with Crippen LogP contribution in [-0.4, -0.2) is 54.1 Å². The molecule has 1 aliphatic heterocycles. The zero-order chi connectivity index (χ0) is 15.0. The van der Waals surface area contributed by atoms with Crippen molar-refractivity contribution < 1.29 is 8.42 Å². The summed E-state index contributed by atoms with van der Waals surface area (Å²) in [6.45, 7) is 3.50. The number of nitrogens with zero attached hydrogens (tertiary/aromatic N) is 4. The molecule has 0 N–H and O–H groups in total. The van der Waals surface area contributed by atoms with E-state index in [0.29, 0.717) is 12.5 Å². The van der Waals surface area contributed by atoms with Gasteiger partial charge in [-0.25, -0.2) is 18.4 Å². The molecule has 0 bridgehead atoms. The molecule has 3 rings (SSSR count). The molecule has 21 heavy (non-hydrogen) atoms. The van der Waals surface area contributed by atoms with E-state index in [0.717, 1.165) is 37.9 Å². The number of hydrogen-bond acceptors (Lipinski definition) is 5. The summed E-state index contributed by atoms with van der Waals surface area (Å²) in [5.74, 6) is 0.705. The largest absolute Gasteiger partial charge is 0.339 e. The predicted molar refractivity (Wildman–Crippen MR) is 81.7 cm³/mol. The van der Waals surface area contributed by atoms with E-state index in [9.17, 15) is 8.42 Å². The van der Waals surface area contributed by atoms with Gasteiger partial charge in [0, 0.05) is 38.1 Å². The Kier molecular flexibility index (Phi) is 3.88. The van der Waals surface area contributed by atoms with Crippen LogP contribution < -0.4 is 4.90 Å². The van der Waals surface area contributed by atoms with Crippen LogP contribution in [0.1, 0.15) is 31.4 Å². The van der Waals surface area contributed by atoms with E-state index in [1.54, 1.807) is 17.5 Å². The van der Waals surface area contributed by atoms with Crippen LogP contribution >= 0.6 is 0 Å². The van der Waals surface area contributed by atoms with Gasteiger partial charge in [0.2, 0.25) is 16.0 Å². The minimum atomic E-state index is -3.11. The minimum Gasteiger partial charge on any atom is -0.339 e. The van der Waals surface area contributed by atoms with Gasteiger partial charge in [-0.2, -0.15) is 4.31 Å². The van der Waals surface area contributed by atoms with Gasteiger partial charge in [0.05, 0.1) is 5.25 Å². The third-order valence-corrected chi connectivity index (χ3v) is 6.74. The van der Waals surface area contributed by atoms with Gasteiger partial charge in [0.15, 0.2) is 0 Å². The lowest BCUT2D eigenvalue weighted by molar-refractivity contribution is 0.318. The number of aromatic nitrogens is 2. The van der Waals surface area contributed by atoms with Crippen molar-refractivity contribution in [3.8, 4) is 0 Å². The fraction of sp³-hybridized carbons (Fsp3) is 0.714. The van der Waals surface area contributed by atoms with Gasteiger partial charge in [-0.3, -0.25) is 0 Å². The highest BCUT2D eigenvalue weighted by molar-refractivity contribution is 7.90. The lowest BCUT2D eigenvalue weighted by atomic mass is 10.1. The Morgan fingerprint density at radius 2 is 2.10 bits per heavy atom. The van der Waals surface area contributed by atoms with Crippen molar-refractivity contribution in [1.29, 1.82) is 0 Å². The van der Waals surface area contributed by atoms with Crippen LogP contribution in [0.15, 0.2) is 12.3 Å². The molecule has 116 valence electrons. The molecule has 0 spiro atoms. The number of aryl methyl sites for hydroxylation is 1. The van der Waals surface area contributed by atoms with Crippen LogP contribution in [0.4, 0.5) is 5.95 Å². The molecule has 1 atom stereocenters. The van der Waals surface area contributed by atoms with Crippen LogP contribution in [0.2, 0.25) is 0 Å². The lowest BCUT2D eigenvalue weighted by Gasteiger charge is -2.37. The van der Waals surface area contributed by atoms with E-state index in [2.05, 4.69) is 14.9 Å². The van der Waals surface area contributed by atoms with E-state index in [1.165, 1.54) is 0 Å². The second-order valence-corrected chi connectivity index (χ2v) is 8.27. The van der Waals surface area contributed by atoms with Crippen molar-refractivity contribution in [2.75, 3.05) is 25.0 Å². The van der Waals surface area contributed by atoms with Crippen LogP contribution in [0.5, 0.6) is 0 Å². The van der Waals surface area contributed by atoms with E-state index in [4.69, 9.17) is 0 Å². The van der Waals surface area contributed by atoms with Gasteiger partial charge >= 0.3 is 0 Å². The monoisotopic (exact) mass is 310 g/mol. The first-order valence-electron chi connectivity index (χ1n) is 7.50. The Balaban J connectivity index is 1.74. The first-order chi connectivity index (χ1) is 9.98. The summed E-state index contributed by atoms with van der Waals surface area (Å²) in [5.41, 5.74) is 0.932. The maximum absolute atomic E-state index is 12.4. The summed E-state index contributed by atoms with van der Waals surface area (Å²) in [7, 11) is -1.39. The minimum absolute atomic E-state index is 0.0217. The summed E-state index contributed by atoms with van der Waals surface area (Å²) in [4.78, 5) is 10.9. The van der Waals surface area contributed by atoms with Crippen LogP contribution in [0, 0.1) is 6.92 Å². The number of anilines is 1. The molecule has 7 heteroatoms. The lowest BCUT2D eigenvalue weighted by Crippen LogP contribution is -2.49. The fourth-order valence-corrected chi connectivity index (χ4v) is 4.62. The summed E-state index contributed by atoms with van der Waals surface area (Å²) in [5, 5.41) is -0.145. The summed E-state index contributed by atoms with van der Waals surface area (Å²) in [6, 6.07) is 1.89. The summed E-state index contributed by atoms with van der Waals surface area (Å²) >= 11 is 0. The fourth-order valence-electron chi connectivity index (χ4n) is 2.83. The highest BCUT2D eigenvalue weighted by Crippen LogP contribution is 2.32. The average Bonchev–Trinajstić information content (AvgIpc) is 3.31. The molecule has 1 aromatic heterocycles. The van der Waals surface area contributed by atoms with E-state index < -0.39 is 10.0 Å². The molecule has 0 aromatic carbocycles. The zero-order valence-electron chi connectivity index (χ0n) is 12.6. The molecular formula is C14H22N4O2S. The molecule has 1 saturated carbocycles. The van der Waals surface area contributed by atoms with Gasteiger partial charge in [0.1, 0.15) is 0 Å². The third kappa shape index (κ3) is 3.03. The van der Waals surface area contributed by atoms with E-state index in [1.807, 2.05) is 13.0 Å². The number of hydrogen-bond donors (Lipinski definition) is 0. The molecule has 2 fully saturated rings. The highest BCUT2D eigenvalue weighted by Gasteiger charge is 2.41. The first-order valence-corrected chi connectivity index (χ1v) is 9.00. The third-order valence-electron chi connectivity index (χ3n) is 4.32. The maximum atomic E-state index is 12.4. The Morgan fingerprint density at radius 3 is 2.76 bits per heavy atom. The second-order valence-electron chi connectivity index (χ2n) is 6.00. The molecule has 2 aliphatic rings. The Hall–Kier alpha value is -1.21. The van der Waals surface area contributed by atoms with Gasteiger partial charge in [-0.15, -0.1) is 0 Å². The van der Waals surface area contributed by atoms with Crippen molar-refractivity contribution >= 4 is 16.0 Å². The Labute approximate surface area is 126 Å². The average molecular weight is 310 g/mol. The summed E-state index contributed by atoms with van der Waals surface area (Å²) < 4.78 is 26.3. The number of rotatable bonds is 4. The number of piperidine rings is 1. The quantitative estimate of drug-likeness (QED) is 0.835. The van der Waals surface area contributed by atoms with E-state index >= 15 is 0 Å². The predicted octanol–water partition coefficient (Wildman–Crippen LogP) is 1.18. The molecule has 0 amide bonds. The van der Waals surface area contributed by atoms with Gasteiger partial charge in [0.25, 0.3) is 0 Å². The van der Waals surface area contributed by atoms with Gasteiger partial charge in [-0.05, 0) is 38.7 Å². The molecule has 1 aromatic rings. The van der Waals surface area contributed by atoms with Crippen molar-refractivity contribution in [2.24, 2.45) is 0 Å². The van der Waals surface area contributed by atoms with Gasteiger partial charge in [-0.1, -0.05) is 0 Å². The number of sulfonamides is 1. The Bertz CT molecular complexity index is 615. The van der Waals surface area contributed by atoms with Crippen molar-refractivity contribution in [3.63, 3.8) is 0 Å². The molecular weight excluding hydrogens is 288 g/mol. The second kappa shape index (κ2) is 5.53. The molecule has 1 aliphatic carbocycles. The highest BCUT2D eigenvalue weighted by atomic mass is 32.2.